The van der Waals surface area contributed by atoms with Crippen LogP contribution in [0.1, 0.15) is 0 Å². The number of hydrogen-bond donors (Lipinski definition) is 0. The molecule has 55 heavy (non-hydrogen) atoms. The van der Waals surface area contributed by atoms with Crippen molar-refractivity contribution in [2.75, 3.05) is 9.80 Å². The van der Waals surface area contributed by atoms with Crippen LogP contribution in [0.4, 0.5) is 34.1 Å². The Balaban J connectivity index is 1.13. The fourth-order valence-electron chi connectivity index (χ4n) is 8.72. The largest absolute Gasteiger partial charge is 0.454 e. The molecule has 258 valence electrons. The van der Waals surface area contributed by atoms with Crippen molar-refractivity contribution < 1.29 is 8.83 Å². The van der Waals surface area contributed by atoms with Crippen LogP contribution in [0.5, 0.6) is 0 Å². The average molecular weight is 706 g/mol. The number of furan rings is 2. The summed E-state index contributed by atoms with van der Waals surface area (Å²) in [4.78, 5) is 4.62. The topological polar surface area (TPSA) is 37.2 Å². The van der Waals surface area contributed by atoms with Crippen LogP contribution in [0.2, 0.25) is 0 Å². The van der Waals surface area contributed by atoms with Crippen LogP contribution in [-0.4, -0.2) is 4.40 Å². The minimum atomic E-state index is 0.824. The van der Waals surface area contributed by atoms with E-state index >= 15 is 0 Å². The molecule has 0 spiro atoms. The fraction of sp³-hybridized carbons (Fsp3) is 0. The third kappa shape index (κ3) is 4.35. The van der Waals surface area contributed by atoms with E-state index in [0.29, 0.717) is 0 Å². The van der Waals surface area contributed by atoms with Gasteiger partial charge < -0.3 is 18.6 Å². The zero-order chi connectivity index (χ0) is 36.0. The second-order valence-electron chi connectivity index (χ2n) is 14.1. The van der Waals surface area contributed by atoms with E-state index in [-0.39, 0.29) is 0 Å². The number of nitrogens with zero attached hydrogens (tertiary/aromatic N) is 3. The van der Waals surface area contributed by atoms with Crippen molar-refractivity contribution in [3.8, 4) is 0 Å². The fourth-order valence-corrected chi connectivity index (χ4v) is 8.72. The highest BCUT2D eigenvalue weighted by atomic mass is 16.3. The maximum atomic E-state index is 7.01. The highest BCUT2D eigenvalue weighted by Gasteiger charge is 2.30. The Morgan fingerprint density at radius 1 is 0.364 bits per heavy atom. The van der Waals surface area contributed by atoms with Crippen LogP contribution in [0.25, 0.3) is 71.2 Å². The highest BCUT2D eigenvalue weighted by molar-refractivity contribution is 6.32. The molecule has 0 saturated heterocycles. The molecule has 8 aromatic carbocycles. The normalized spacial score (nSPS) is 12.0. The molecule has 0 N–H and O–H groups in total. The third-order valence-corrected chi connectivity index (χ3v) is 11.0. The van der Waals surface area contributed by atoms with Crippen LogP contribution in [0.15, 0.2) is 197 Å². The first-order valence-corrected chi connectivity index (χ1v) is 18.6. The lowest BCUT2D eigenvalue weighted by Gasteiger charge is -2.26. The molecule has 4 aromatic heterocycles. The zero-order valence-corrected chi connectivity index (χ0v) is 29.6. The molecule has 0 aliphatic rings. The maximum Gasteiger partial charge on any atom is 0.213 e. The van der Waals surface area contributed by atoms with E-state index in [1.165, 1.54) is 0 Å². The Kier molecular flexibility index (Phi) is 6.27. The van der Waals surface area contributed by atoms with Crippen LogP contribution < -0.4 is 9.80 Å². The van der Waals surface area contributed by atoms with Crippen molar-refractivity contribution in [3.05, 3.63) is 188 Å². The number of benzene rings is 8. The van der Waals surface area contributed by atoms with E-state index < -0.39 is 0 Å². The Labute approximate surface area is 315 Å². The third-order valence-electron chi connectivity index (χ3n) is 11.0. The van der Waals surface area contributed by atoms with Gasteiger partial charge in [-0.25, -0.2) is 0 Å². The molecule has 5 heteroatoms. The Bertz CT molecular complexity index is 3290. The van der Waals surface area contributed by atoms with Crippen LogP contribution in [0.3, 0.4) is 0 Å². The quantitative estimate of drug-likeness (QED) is 0.173. The lowest BCUT2D eigenvalue weighted by molar-refractivity contribution is 0.651. The molecule has 5 nitrogen and oxygen atoms in total. The van der Waals surface area contributed by atoms with Gasteiger partial charge in [0.1, 0.15) is 16.7 Å². The number of fused-ring (bicyclic) bond motifs is 11. The molecule has 0 atom stereocenters. The summed E-state index contributed by atoms with van der Waals surface area (Å²) in [7, 11) is 0. The summed E-state index contributed by atoms with van der Waals surface area (Å²) in [6.07, 6.45) is 0. The predicted octanol–water partition coefficient (Wildman–Crippen LogP) is 14.4. The number of rotatable bonds is 6. The van der Waals surface area contributed by atoms with Crippen LogP contribution in [0, 0.1) is 0 Å². The summed E-state index contributed by atoms with van der Waals surface area (Å²) in [5, 5.41) is 7.73. The Morgan fingerprint density at radius 2 is 0.964 bits per heavy atom. The maximum absolute atomic E-state index is 7.01. The standard InChI is InChI=1S/C50H31N3O2/c1-5-15-34(16-6-1)51(35-17-7-2-8-18-35)38-26-25-32-30-41-44(31-33(32)29-38)55-50-45(41)40-27-28-42(52(36-19-9-3-10-20-36)37-21-11-4-12-22-37)46-47(40)53(50)48-39-23-13-14-24-43(39)54-49(46)48/h1-31H. The van der Waals surface area contributed by atoms with Gasteiger partial charge in [0.25, 0.3) is 0 Å². The van der Waals surface area contributed by atoms with Gasteiger partial charge in [-0.1, -0.05) is 91.0 Å². The van der Waals surface area contributed by atoms with Gasteiger partial charge in [-0.2, -0.15) is 0 Å². The summed E-state index contributed by atoms with van der Waals surface area (Å²) in [6, 6.07) is 66.2. The van der Waals surface area contributed by atoms with Gasteiger partial charge in [-0.3, -0.25) is 4.40 Å². The molecule has 0 saturated carbocycles. The van der Waals surface area contributed by atoms with E-state index in [1.54, 1.807) is 0 Å². The summed E-state index contributed by atoms with van der Waals surface area (Å²) in [5.74, 6) is 0. The number of hydrogen-bond acceptors (Lipinski definition) is 4. The van der Waals surface area contributed by atoms with Gasteiger partial charge in [0.15, 0.2) is 5.58 Å². The molecular weight excluding hydrogens is 675 g/mol. The van der Waals surface area contributed by atoms with Crippen LogP contribution in [-0.2, 0) is 0 Å². The first kappa shape index (κ1) is 30.0. The second kappa shape index (κ2) is 11.5. The van der Waals surface area contributed by atoms with Gasteiger partial charge in [-0.15, -0.1) is 0 Å². The average Bonchev–Trinajstić information content (AvgIpc) is 3.98. The van der Waals surface area contributed by atoms with Crippen LogP contribution >= 0.6 is 0 Å². The lowest BCUT2D eigenvalue weighted by atomic mass is 10.0. The van der Waals surface area contributed by atoms with Gasteiger partial charge in [0.2, 0.25) is 5.71 Å². The summed E-state index contributed by atoms with van der Waals surface area (Å²) in [5.41, 5.74) is 12.0. The SMILES string of the molecule is c1ccc(N(c2ccccc2)c2ccc3cc4c(cc3c2)oc2c4c3ccc(N(c4ccccc4)c4ccccc4)c4c5oc6ccccc6c5n2c34)cc1. The van der Waals surface area contributed by atoms with E-state index in [0.717, 1.165) is 105 Å². The second-order valence-corrected chi connectivity index (χ2v) is 14.1. The van der Waals surface area contributed by atoms with Crippen molar-refractivity contribution in [1.82, 2.24) is 4.40 Å². The number of aromatic nitrogens is 1. The van der Waals surface area contributed by atoms with Gasteiger partial charge >= 0.3 is 0 Å². The molecule has 0 unspecified atom stereocenters. The lowest BCUT2D eigenvalue weighted by Crippen LogP contribution is -2.10. The molecule has 12 rings (SSSR count). The number of para-hydroxylation sites is 5. The molecule has 0 aliphatic heterocycles. The van der Waals surface area contributed by atoms with E-state index in [4.69, 9.17) is 8.83 Å². The van der Waals surface area contributed by atoms with Crippen molar-refractivity contribution in [2.24, 2.45) is 0 Å². The molecule has 0 radical (unpaired) electrons. The van der Waals surface area contributed by atoms with Crippen molar-refractivity contribution in [3.63, 3.8) is 0 Å². The van der Waals surface area contributed by atoms with Gasteiger partial charge in [0.05, 0.1) is 22.0 Å². The predicted molar refractivity (Wildman–Crippen MR) is 228 cm³/mol. The Hall–Kier alpha value is -7.50. The van der Waals surface area contributed by atoms with Crippen molar-refractivity contribution in [1.29, 1.82) is 0 Å². The first-order chi connectivity index (χ1) is 27.3. The van der Waals surface area contributed by atoms with E-state index in [2.05, 4.69) is 196 Å². The summed E-state index contributed by atoms with van der Waals surface area (Å²) < 4.78 is 16.1. The molecular formula is C50H31N3O2. The summed E-state index contributed by atoms with van der Waals surface area (Å²) in [6.45, 7) is 0. The molecule has 4 heterocycles. The number of anilines is 6. The molecule has 0 aliphatic carbocycles. The Morgan fingerprint density at radius 3 is 1.62 bits per heavy atom. The van der Waals surface area contributed by atoms with E-state index in [9.17, 15) is 0 Å². The molecule has 0 bridgehead atoms. The smallest absolute Gasteiger partial charge is 0.213 e. The molecule has 12 aromatic rings. The highest BCUT2D eigenvalue weighted by Crippen LogP contribution is 2.51. The van der Waals surface area contributed by atoms with Crippen molar-refractivity contribution >= 4 is 105 Å². The minimum absolute atomic E-state index is 0.824. The molecule has 0 fully saturated rings. The van der Waals surface area contributed by atoms with Crippen molar-refractivity contribution in [2.45, 2.75) is 0 Å². The van der Waals surface area contributed by atoms with Gasteiger partial charge in [0, 0.05) is 44.6 Å². The van der Waals surface area contributed by atoms with E-state index in [1.807, 2.05) is 6.07 Å². The first-order valence-electron chi connectivity index (χ1n) is 18.6. The molecule has 0 amide bonds. The minimum Gasteiger partial charge on any atom is -0.454 e. The monoisotopic (exact) mass is 705 g/mol. The zero-order valence-electron chi connectivity index (χ0n) is 29.6. The summed E-state index contributed by atoms with van der Waals surface area (Å²) >= 11 is 0. The van der Waals surface area contributed by atoms with Gasteiger partial charge in [-0.05, 0) is 108 Å².